The van der Waals surface area contributed by atoms with Gasteiger partial charge in [0, 0.05) is 23.8 Å². The van der Waals surface area contributed by atoms with E-state index >= 15 is 0 Å². The molecule has 9 heteroatoms. The van der Waals surface area contributed by atoms with Gasteiger partial charge in [-0.3, -0.25) is 14.3 Å². The standard InChI is InChI=1S/C14H17BrN4O4/c1-14(23)4-9(5-14)18(13(21)22)7-11-16-19-6-8(15)3-10(19)12(20)17(11)2/h3,6,9,23H,4-5,7H2,1-2H3,(H,21,22). The SMILES string of the molecule is Cn1c(CN(C(=O)O)C2CC(C)(O)C2)nn2cc(Br)cc2c1=O. The van der Waals surface area contributed by atoms with Crippen LogP contribution in [0.1, 0.15) is 25.6 Å². The lowest BCUT2D eigenvalue weighted by atomic mass is 9.76. The molecule has 2 N–H and O–H groups in total. The number of aliphatic hydroxyl groups is 1. The van der Waals surface area contributed by atoms with Crippen molar-refractivity contribution in [3.05, 3.63) is 32.9 Å². The van der Waals surface area contributed by atoms with Gasteiger partial charge in [0.15, 0.2) is 5.82 Å². The minimum absolute atomic E-state index is 0.00639. The summed E-state index contributed by atoms with van der Waals surface area (Å²) in [4.78, 5) is 25.1. The maximum atomic E-state index is 12.3. The highest BCUT2D eigenvalue weighted by Gasteiger charge is 2.43. The molecule has 1 aliphatic carbocycles. The first kappa shape index (κ1) is 16.0. The number of rotatable bonds is 3. The highest BCUT2D eigenvalue weighted by molar-refractivity contribution is 9.10. The fourth-order valence-corrected chi connectivity index (χ4v) is 3.37. The van der Waals surface area contributed by atoms with E-state index in [0.717, 1.165) is 4.47 Å². The Morgan fingerprint density at radius 1 is 1.57 bits per heavy atom. The lowest BCUT2D eigenvalue weighted by Crippen LogP contribution is -2.55. The van der Waals surface area contributed by atoms with E-state index in [-0.39, 0.29) is 18.1 Å². The van der Waals surface area contributed by atoms with Crippen LogP contribution in [0.2, 0.25) is 0 Å². The van der Waals surface area contributed by atoms with Crippen molar-refractivity contribution >= 4 is 27.5 Å². The maximum Gasteiger partial charge on any atom is 0.407 e. The third-order valence-electron chi connectivity index (χ3n) is 4.25. The summed E-state index contributed by atoms with van der Waals surface area (Å²) in [6.07, 6.45) is 1.32. The summed E-state index contributed by atoms with van der Waals surface area (Å²) < 4.78 is 3.53. The minimum atomic E-state index is -1.09. The van der Waals surface area contributed by atoms with Crippen molar-refractivity contribution in [2.75, 3.05) is 0 Å². The van der Waals surface area contributed by atoms with Gasteiger partial charge >= 0.3 is 6.09 Å². The highest BCUT2D eigenvalue weighted by Crippen LogP contribution is 2.35. The molecule has 2 aromatic heterocycles. The Kier molecular flexibility index (Phi) is 3.72. The van der Waals surface area contributed by atoms with Gasteiger partial charge < -0.3 is 10.2 Å². The first-order chi connectivity index (χ1) is 10.7. The smallest absolute Gasteiger partial charge is 0.407 e. The Balaban J connectivity index is 1.94. The molecule has 1 saturated carbocycles. The van der Waals surface area contributed by atoms with Crippen LogP contribution < -0.4 is 5.56 Å². The van der Waals surface area contributed by atoms with Gasteiger partial charge in [0.2, 0.25) is 0 Å². The fraction of sp³-hybridized carbons (Fsp3) is 0.500. The van der Waals surface area contributed by atoms with Crippen molar-refractivity contribution in [1.29, 1.82) is 0 Å². The van der Waals surface area contributed by atoms with Crippen LogP contribution in [0.4, 0.5) is 4.79 Å². The van der Waals surface area contributed by atoms with Crippen LogP contribution in [0.5, 0.6) is 0 Å². The minimum Gasteiger partial charge on any atom is -0.465 e. The summed E-state index contributed by atoms with van der Waals surface area (Å²) in [5.74, 6) is 0.347. The van der Waals surface area contributed by atoms with E-state index in [4.69, 9.17) is 0 Å². The van der Waals surface area contributed by atoms with E-state index in [1.165, 1.54) is 14.0 Å². The molecule has 1 amide bonds. The maximum absolute atomic E-state index is 12.3. The number of carboxylic acid groups (broad SMARTS) is 1. The normalized spacial score (nSPS) is 23.7. The first-order valence-corrected chi connectivity index (χ1v) is 7.93. The summed E-state index contributed by atoms with van der Waals surface area (Å²) in [5, 5.41) is 23.6. The van der Waals surface area contributed by atoms with Crippen LogP contribution in [0.15, 0.2) is 21.5 Å². The van der Waals surface area contributed by atoms with Crippen LogP contribution in [-0.4, -0.2) is 47.0 Å². The molecule has 23 heavy (non-hydrogen) atoms. The molecule has 0 atom stereocenters. The zero-order valence-electron chi connectivity index (χ0n) is 12.7. The predicted molar refractivity (Wildman–Crippen MR) is 85.3 cm³/mol. The molecule has 0 bridgehead atoms. The van der Waals surface area contributed by atoms with E-state index < -0.39 is 11.7 Å². The van der Waals surface area contributed by atoms with Crippen LogP contribution >= 0.6 is 15.9 Å². The molecular formula is C14H17BrN4O4. The average molecular weight is 385 g/mol. The van der Waals surface area contributed by atoms with Crippen LogP contribution in [0.25, 0.3) is 5.52 Å². The molecule has 0 aromatic carbocycles. The molecule has 1 fully saturated rings. The second-order valence-electron chi connectivity index (χ2n) is 6.24. The number of amides is 1. The van der Waals surface area contributed by atoms with E-state index in [1.54, 1.807) is 26.2 Å². The van der Waals surface area contributed by atoms with Gasteiger partial charge in [-0.15, -0.1) is 0 Å². The summed E-state index contributed by atoms with van der Waals surface area (Å²) in [6, 6.07) is 1.39. The first-order valence-electron chi connectivity index (χ1n) is 7.14. The van der Waals surface area contributed by atoms with Crippen molar-refractivity contribution < 1.29 is 15.0 Å². The topological polar surface area (TPSA) is 100 Å². The largest absolute Gasteiger partial charge is 0.465 e. The molecule has 124 valence electrons. The highest BCUT2D eigenvalue weighted by atomic mass is 79.9. The number of hydrogen-bond donors (Lipinski definition) is 2. The fourth-order valence-electron chi connectivity index (χ4n) is 2.96. The molecule has 0 saturated heterocycles. The van der Waals surface area contributed by atoms with Gasteiger partial charge in [0.1, 0.15) is 5.52 Å². The Hall–Kier alpha value is -1.87. The third kappa shape index (κ3) is 2.86. The van der Waals surface area contributed by atoms with Gasteiger partial charge in [0.25, 0.3) is 5.56 Å². The van der Waals surface area contributed by atoms with Crippen molar-refractivity contribution in [1.82, 2.24) is 19.1 Å². The Bertz CT molecular complexity index is 833. The predicted octanol–water partition coefficient (Wildman–Crippen LogP) is 1.19. The van der Waals surface area contributed by atoms with Crippen LogP contribution in [0.3, 0.4) is 0 Å². The summed E-state index contributed by atoms with van der Waals surface area (Å²) in [5.41, 5.74) is -0.657. The molecular weight excluding hydrogens is 368 g/mol. The second kappa shape index (κ2) is 5.34. The molecule has 0 spiro atoms. The van der Waals surface area contributed by atoms with Crippen molar-refractivity contribution in [2.45, 2.75) is 38.0 Å². The molecule has 0 unspecified atom stereocenters. The van der Waals surface area contributed by atoms with E-state index in [9.17, 15) is 19.8 Å². The zero-order chi connectivity index (χ0) is 16.9. The molecule has 0 radical (unpaired) electrons. The molecule has 0 aliphatic heterocycles. The van der Waals surface area contributed by atoms with Crippen LogP contribution in [0, 0.1) is 0 Å². The number of carbonyl (C=O) groups is 1. The average Bonchev–Trinajstić information content (AvgIpc) is 2.79. The monoisotopic (exact) mass is 384 g/mol. The van der Waals surface area contributed by atoms with Gasteiger partial charge in [-0.1, -0.05) is 0 Å². The lowest BCUT2D eigenvalue weighted by molar-refractivity contribution is -0.0734. The van der Waals surface area contributed by atoms with Crippen LogP contribution in [-0.2, 0) is 13.6 Å². The van der Waals surface area contributed by atoms with Crippen molar-refractivity contribution in [2.24, 2.45) is 7.05 Å². The zero-order valence-corrected chi connectivity index (χ0v) is 14.3. The Morgan fingerprint density at radius 2 is 2.22 bits per heavy atom. The Morgan fingerprint density at radius 3 is 2.78 bits per heavy atom. The molecule has 3 rings (SSSR count). The van der Waals surface area contributed by atoms with Gasteiger partial charge in [-0.05, 0) is 41.8 Å². The molecule has 8 nitrogen and oxygen atoms in total. The molecule has 1 aliphatic rings. The third-order valence-corrected chi connectivity index (χ3v) is 4.68. The quantitative estimate of drug-likeness (QED) is 0.827. The Labute approximate surface area is 140 Å². The molecule has 2 heterocycles. The number of hydrogen-bond acceptors (Lipinski definition) is 4. The number of fused-ring (bicyclic) bond motifs is 1. The van der Waals surface area contributed by atoms with E-state index in [1.807, 2.05) is 0 Å². The number of nitrogens with zero attached hydrogens (tertiary/aromatic N) is 4. The summed E-state index contributed by atoms with van der Waals surface area (Å²) in [7, 11) is 1.57. The number of aromatic nitrogens is 3. The molecule has 2 aromatic rings. The van der Waals surface area contributed by atoms with E-state index in [2.05, 4.69) is 21.0 Å². The van der Waals surface area contributed by atoms with Gasteiger partial charge in [-0.2, -0.15) is 5.10 Å². The van der Waals surface area contributed by atoms with Crippen molar-refractivity contribution in [3.63, 3.8) is 0 Å². The second-order valence-corrected chi connectivity index (χ2v) is 7.15. The summed E-state index contributed by atoms with van der Waals surface area (Å²) >= 11 is 3.30. The van der Waals surface area contributed by atoms with Crippen molar-refractivity contribution in [3.8, 4) is 0 Å². The van der Waals surface area contributed by atoms with E-state index in [0.29, 0.717) is 24.2 Å². The lowest BCUT2D eigenvalue weighted by Gasteiger charge is -2.45. The van der Waals surface area contributed by atoms with Gasteiger partial charge in [0.05, 0.1) is 12.1 Å². The summed E-state index contributed by atoms with van der Waals surface area (Å²) in [6.45, 7) is 1.68. The number of halogens is 1. The van der Waals surface area contributed by atoms with Gasteiger partial charge in [-0.25, -0.2) is 9.31 Å².